The molecule has 0 bridgehead atoms. The van der Waals surface area contributed by atoms with Crippen LogP contribution >= 0.6 is 0 Å². The minimum Gasteiger partial charge on any atom is -0.493 e. The third kappa shape index (κ3) is 3.58. The molecule has 2 aliphatic carbocycles. The van der Waals surface area contributed by atoms with Gasteiger partial charge < -0.3 is 19.8 Å². The van der Waals surface area contributed by atoms with Crippen LogP contribution in [0, 0.1) is 0 Å². The molecule has 26 heavy (non-hydrogen) atoms. The molecule has 0 saturated heterocycles. The predicted octanol–water partition coefficient (Wildman–Crippen LogP) is 4.15. The number of hydrogen-bond donors (Lipinski definition) is 2. The van der Waals surface area contributed by atoms with E-state index in [0.717, 1.165) is 30.3 Å². The Morgan fingerprint density at radius 3 is 2.58 bits per heavy atom. The minimum absolute atomic E-state index is 0.118. The molecule has 0 unspecified atom stereocenters. The fraction of sp³-hybridized carbons (Fsp3) is 0.571. The molecular weight excluding hydrogens is 328 g/mol. The van der Waals surface area contributed by atoms with Gasteiger partial charge >= 0.3 is 0 Å². The topological polar surface area (TPSA) is 63.5 Å². The van der Waals surface area contributed by atoms with Crippen molar-refractivity contribution in [3.63, 3.8) is 0 Å². The van der Waals surface area contributed by atoms with E-state index >= 15 is 0 Å². The summed E-state index contributed by atoms with van der Waals surface area (Å²) in [6.45, 7) is 0.786. The Kier molecular flexibility index (Phi) is 5.16. The standard InChI is InChI=1S/C21H28N2O3/c1-25-18-11-10-14(13-22-15-8-5-9-15)17-12-19(26-20(17)18)21(24)23-16-6-3-2-4-7-16/h10-12,15-16,22H,2-9,13H2,1H3,(H,23,24). The van der Waals surface area contributed by atoms with Crippen LogP contribution < -0.4 is 15.4 Å². The molecule has 2 aromatic rings. The molecule has 0 spiro atoms. The first-order chi connectivity index (χ1) is 12.7. The molecule has 1 amide bonds. The van der Waals surface area contributed by atoms with Crippen LogP contribution in [0.1, 0.15) is 67.5 Å². The van der Waals surface area contributed by atoms with Gasteiger partial charge in [0.1, 0.15) is 0 Å². The number of furan rings is 1. The van der Waals surface area contributed by atoms with Crippen LogP contribution in [0.25, 0.3) is 11.0 Å². The third-order valence-electron chi connectivity index (χ3n) is 5.81. The van der Waals surface area contributed by atoms with Gasteiger partial charge in [-0.3, -0.25) is 4.79 Å². The van der Waals surface area contributed by atoms with E-state index in [2.05, 4.69) is 16.7 Å². The summed E-state index contributed by atoms with van der Waals surface area (Å²) in [6, 6.07) is 6.74. The molecule has 0 atom stereocenters. The number of hydrogen-bond acceptors (Lipinski definition) is 4. The zero-order chi connectivity index (χ0) is 17.9. The summed E-state index contributed by atoms with van der Waals surface area (Å²) in [6.07, 6.45) is 9.58. The van der Waals surface area contributed by atoms with Crippen molar-refractivity contribution in [2.45, 2.75) is 70.0 Å². The number of benzene rings is 1. The molecule has 2 aliphatic rings. The number of nitrogens with one attached hydrogen (secondary N) is 2. The van der Waals surface area contributed by atoms with Gasteiger partial charge in [-0.1, -0.05) is 31.7 Å². The Balaban J connectivity index is 1.55. The highest BCUT2D eigenvalue weighted by molar-refractivity contribution is 5.98. The summed E-state index contributed by atoms with van der Waals surface area (Å²) >= 11 is 0. The molecule has 2 saturated carbocycles. The number of fused-ring (bicyclic) bond motifs is 1. The van der Waals surface area contributed by atoms with E-state index in [4.69, 9.17) is 9.15 Å². The average molecular weight is 356 g/mol. The maximum absolute atomic E-state index is 12.7. The summed E-state index contributed by atoms with van der Waals surface area (Å²) < 4.78 is 11.4. The van der Waals surface area contributed by atoms with Crippen molar-refractivity contribution >= 4 is 16.9 Å². The summed E-state index contributed by atoms with van der Waals surface area (Å²) in [5.41, 5.74) is 1.81. The molecule has 1 aromatic carbocycles. The number of carbonyl (C=O) groups excluding carboxylic acids is 1. The molecule has 4 rings (SSSR count). The number of ether oxygens (including phenoxy) is 1. The van der Waals surface area contributed by atoms with Crippen molar-refractivity contribution in [2.75, 3.05) is 7.11 Å². The second-order valence-corrected chi connectivity index (χ2v) is 7.60. The van der Waals surface area contributed by atoms with Gasteiger partial charge in [-0.15, -0.1) is 0 Å². The minimum atomic E-state index is -0.118. The van der Waals surface area contributed by atoms with Crippen molar-refractivity contribution in [3.05, 3.63) is 29.5 Å². The lowest BCUT2D eigenvalue weighted by Gasteiger charge is -2.26. The van der Waals surface area contributed by atoms with Gasteiger partial charge in [0.15, 0.2) is 17.1 Å². The van der Waals surface area contributed by atoms with Crippen LogP contribution in [0.3, 0.4) is 0 Å². The van der Waals surface area contributed by atoms with E-state index in [1.54, 1.807) is 7.11 Å². The first kappa shape index (κ1) is 17.4. The molecule has 5 heteroatoms. The summed E-state index contributed by atoms with van der Waals surface area (Å²) in [4.78, 5) is 12.7. The van der Waals surface area contributed by atoms with Gasteiger partial charge in [-0.05, 0) is 43.4 Å². The van der Waals surface area contributed by atoms with Crippen molar-refractivity contribution in [1.29, 1.82) is 0 Å². The van der Waals surface area contributed by atoms with Gasteiger partial charge in [-0.2, -0.15) is 0 Å². The molecule has 1 aromatic heterocycles. The smallest absolute Gasteiger partial charge is 0.287 e. The quantitative estimate of drug-likeness (QED) is 0.816. The number of amides is 1. The van der Waals surface area contributed by atoms with Crippen molar-refractivity contribution in [2.24, 2.45) is 0 Å². The van der Waals surface area contributed by atoms with Gasteiger partial charge in [0, 0.05) is 24.0 Å². The van der Waals surface area contributed by atoms with Gasteiger partial charge in [0.25, 0.3) is 5.91 Å². The Labute approximate surface area is 154 Å². The second kappa shape index (κ2) is 7.70. The Morgan fingerprint density at radius 1 is 1.12 bits per heavy atom. The molecule has 2 fully saturated rings. The van der Waals surface area contributed by atoms with E-state index < -0.39 is 0 Å². The van der Waals surface area contributed by atoms with Gasteiger partial charge in [-0.25, -0.2) is 0 Å². The maximum Gasteiger partial charge on any atom is 0.287 e. The number of methoxy groups -OCH3 is 1. The molecule has 0 radical (unpaired) electrons. The summed E-state index contributed by atoms with van der Waals surface area (Å²) in [5.74, 6) is 0.928. The van der Waals surface area contributed by atoms with E-state index in [1.165, 1.54) is 38.5 Å². The first-order valence-electron chi connectivity index (χ1n) is 9.88. The van der Waals surface area contributed by atoms with Crippen LogP contribution in [-0.2, 0) is 6.54 Å². The summed E-state index contributed by atoms with van der Waals surface area (Å²) in [5, 5.41) is 7.68. The highest BCUT2D eigenvalue weighted by atomic mass is 16.5. The molecule has 140 valence electrons. The second-order valence-electron chi connectivity index (χ2n) is 7.60. The zero-order valence-electron chi connectivity index (χ0n) is 15.5. The van der Waals surface area contributed by atoms with Crippen LogP contribution in [0.15, 0.2) is 22.6 Å². The highest BCUT2D eigenvalue weighted by Gasteiger charge is 2.22. The van der Waals surface area contributed by atoms with E-state index in [9.17, 15) is 4.79 Å². The van der Waals surface area contributed by atoms with Crippen molar-refractivity contribution < 1.29 is 13.9 Å². The van der Waals surface area contributed by atoms with Gasteiger partial charge in [0.05, 0.1) is 7.11 Å². The molecule has 5 nitrogen and oxygen atoms in total. The lowest BCUT2D eigenvalue weighted by atomic mass is 9.93. The van der Waals surface area contributed by atoms with Crippen LogP contribution in [0.5, 0.6) is 5.75 Å². The molecular formula is C21H28N2O3. The van der Waals surface area contributed by atoms with Crippen LogP contribution in [-0.4, -0.2) is 25.1 Å². The van der Waals surface area contributed by atoms with E-state index in [0.29, 0.717) is 23.1 Å². The lowest BCUT2D eigenvalue weighted by molar-refractivity contribution is 0.0901. The number of carbonyl (C=O) groups is 1. The van der Waals surface area contributed by atoms with Crippen molar-refractivity contribution in [1.82, 2.24) is 10.6 Å². The van der Waals surface area contributed by atoms with E-state index in [1.807, 2.05) is 12.1 Å². The lowest BCUT2D eigenvalue weighted by Crippen LogP contribution is -2.35. The SMILES string of the molecule is COc1ccc(CNC2CCC2)c2cc(C(=O)NC3CCCCC3)oc12. The molecule has 0 aliphatic heterocycles. The average Bonchev–Trinajstić information content (AvgIpc) is 3.07. The Morgan fingerprint density at radius 2 is 1.88 bits per heavy atom. The number of rotatable bonds is 6. The third-order valence-corrected chi connectivity index (χ3v) is 5.81. The predicted molar refractivity (Wildman–Crippen MR) is 102 cm³/mol. The molecule has 1 heterocycles. The zero-order valence-corrected chi connectivity index (χ0v) is 15.5. The van der Waals surface area contributed by atoms with Gasteiger partial charge in [0.2, 0.25) is 0 Å². The monoisotopic (exact) mass is 356 g/mol. The fourth-order valence-electron chi connectivity index (χ4n) is 3.95. The van der Waals surface area contributed by atoms with Crippen molar-refractivity contribution in [3.8, 4) is 5.75 Å². The van der Waals surface area contributed by atoms with Crippen LogP contribution in [0.4, 0.5) is 0 Å². The first-order valence-corrected chi connectivity index (χ1v) is 9.88. The normalized spacial score (nSPS) is 18.7. The van der Waals surface area contributed by atoms with Crippen LogP contribution in [0.2, 0.25) is 0 Å². The highest BCUT2D eigenvalue weighted by Crippen LogP contribution is 2.32. The Hall–Kier alpha value is -2.01. The Bertz CT molecular complexity index is 773. The maximum atomic E-state index is 12.7. The molecule has 2 N–H and O–H groups in total. The fourth-order valence-corrected chi connectivity index (χ4v) is 3.95. The summed E-state index contributed by atoms with van der Waals surface area (Å²) in [7, 11) is 1.63. The van der Waals surface area contributed by atoms with E-state index in [-0.39, 0.29) is 11.9 Å². The largest absolute Gasteiger partial charge is 0.493 e.